The predicted molar refractivity (Wildman–Crippen MR) is 93.2 cm³/mol. The zero-order valence-electron chi connectivity index (χ0n) is 13.3. The van der Waals surface area contributed by atoms with E-state index in [4.69, 9.17) is 11.6 Å². The monoisotopic (exact) mass is 315 g/mol. The lowest BCUT2D eigenvalue weighted by molar-refractivity contribution is -0.122. The zero-order valence-corrected chi connectivity index (χ0v) is 14.0. The maximum atomic E-state index is 12.5. The molecule has 0 saturated carbocycles. The molecule has 0 aliphatic rings. The summed E-state index contributed by atoms with van der Waals surface area (Å²) in [5.74, 6) is -0.0772. The highest BCUT2D eigenvalue weighted by Crippen LogP contribution is 2.32. The Bertz CT molecular complexity index is 620. The Labute approximate surface area is 137 Å². The molecule has 0 bridgehead atoms. The van der Waals surface area contributed by atoms with Crippen molar-refractivity contribution in [2.45, 2.75) is 27.2 Å². The first-order valence-corrected chi connectivity index (χ1v) is 7.86. The van der Waals surface area contributed by atoms with Gasteiger partial charge in [0.1, 0.15) is 0 Å². The second-order valence-electron chi connectivity index (χ2n) is 6.37. The van der Waals surface area contributed by atoms with Crippen LogP contribution < -0.4 is 5.32 Å². The van der Waals surface area contributed by atoms with Crippen molar-refractivity contribution in [2.75, 3.05) is 5.32 Å². The normalized spacial score (nSPS) is 12.7. The Kier molecular flexibility index (Phi) is 5.25. The van der Waals surface area contributed by atoms with Gasteiger partial charge in [0.25, 0.3) is 0 Å². The van der Waals surface area contributed by atoms with Gasteiger partial charge in [-0.05, 0) is 41.7 Å². The molecule has 22 heavy (non-hydrogen) atoms. The number of hydrogen-bond donors (Lipinski definition) is 1. The van der Waals surface area contributed by atoms with Gasteiger partial charge in [-0.1, -0.05) is 62.7 Å². The fourth-order valence-electron chi connectivity index (χ4n) is 2.41. The van der Waals surface area contributed by atoms with Crippen LogP contribution in [0.5, 0.6) is 0 Å². The molecule has 1 amide bonds. The first-order chi connectivity index (χ1) is 10.4. The summed E-state index contributed by atoms with van der Waals surface area (Å²) in [6, 6.07) is 17.5. The molecule has 1 atom stereocenters. The van der Waals surface area contributed by atoms with Crippen molar-refractivity contribution in [1.29, 1.82) is 0 Å². The molecule has 116 valence electrons. The number of nitrogens with one attached hydrogen (secondary N) is 1. The molecule has 3 heteroatoms. The molecule has 0 radical (unpaired) electrons. The van der Waals surface area contributed by atoms with E-state index in [1.807, 2.05) is 37.3 Å². The molecule has 1 N–H and O–H groups in total. The van der Waals surface area contributed by atoms with Crippen LogP contribution in [-0.2, 0) is 11.2 Å². The van der Waals surface area contributed by atoms with Gasteiger partial charge in [0, 0.05) is 16.6 Å². The van der Waals surface area contributed by atoms with E-state index in [0.29, 0.717) is 5.02 Å². The van der Waals surface area contributed by atoms with E-state index in [1.165, 1.54) is 5.56 Å². The topological polar surface area (TPSA) is 29.1 Å². The van der Waals surface area contributed by atoms with Gasteiger partial charge >= 0.3 is 0 Å². The maximum Gasteiger partial charge on any atom is 0.227 e. The van der Waals surface area contributed by atoms with Crippen molar-refractivity contribution < 1.29 is 4.79 Å². The van der Waals surface area contributed by atoms with Crippen LogP contribution in [0, 0.1) is 11.3 Å². The minimum atomic E-state index is -0.127. The molecule has 2 nitrogen and oxygen atoms in total. The van der Waals surface area contributed by atoms with E-state index in [-0.39, 0.29) is 17.2 Å². The summed E-state index contributed by atoms with van der Waals surface area (Å²) in [4.78, 5) is 12.5. The van der Waals surface area contributed by atoms with Crippen molar-refractivity contribution in [3.63, 3.8) is 0 Å². The van der Waals surface area contributed by atoms with Gasteiger partial charge in [-0.25, -0.2) is 0 Å². The molecule has 0 saturated heterocycles. The van der Waals surface area contributed by atoms with Crippen LogP contribution in [0.1, 0.15) is 26.3 Å². The lowest BCUT2D eigenvalue weighted by atomic mass is 9.75. The van der Waals surface area contributed by atoms with Gasteiger partial charge in [0.15, 0.2) is 0 Å². The molecule has 0 fully saturated rings. The second kappa shape index (κ2) is 6.97. The maximum absolute atomic E-state index is 12.5. The summed E-state index contributed by atoms with van der Waals surface area (Å²) in [6.45, 7) is 6.24. The number of benzene rings is 2. The third-order valence-electron chi connectivity index (χ3n) is 4.18. The number of carbonyl (C=O) groups excluding carboxylic acids is 1. The summed E-state index contributed by atoms with van der Waals surface area (Å²) < 4.78 is 0. The van der Waals surface area contributed by atoms with Gasteiger partial charge < -0.3 is 5.32 Å². The third kappa shape index (κ3) is 4.35. The molecule has 0 heterocycles. The Balaban J connectivity index is 2.03. The second-order valence-corrected chi connectivity index (χ2v) is 6.81. The number of amides is 1. The van der Waals surface area contributed by atoms with Gasteiger partial charge in [-0.3, -0.25) is 4.79 Å². The van der Waals surface area contributed by atoms with Gasteiger partial charge in [0.05, 0.1) is 0 Å². The Morgan fingerprint density at radius 1 is 1.09 bits per heavy atom. The summed E-state index contributed by atoms with van der Waals surface area (Å²) >= 11 is 5.86. The summed E-state index contributed by atoms with van der Waals surface area (Å²) in [7, 11) is 0. The summed E-state index contributed by atoms with van der Waals surface area (Å²) in [5.41, 5.74) is 1.90. The third-order valence-corrected chi connectivity index (χ3v) is 4.43. The quantitative estimate of drug-likeness (QED) is 0.809. The minimum Gasteiger partial charge on any atom is -0.326 e. The number of rotatable bonds is 5. The minimum absolute atomic E-state index is 0.0308. The van der Waals surface area contributed by atoms with E-state index in [0.717, 1.165) is 12.1 Å². The van der Waals surface area contributed by atoms with E-state index < -0.39 is 0 Å². The summed E-state index contributed by atoms with van der Waals surface area (Å²) in [6.07, 6.45) is 0.864. The molecule has 0 aliphatic carbocycles. The number of halogens is 1. The Morgan fingerprint density at radius 3 is 2.27 bits per heavy atom. The number of anilines is 1. The highest BCUT2D eigenvalue weighted by molar-refractivity contribution is 6.30. The first-order valence-electron chi connectivity index (χ1n) is 7.49. The molecule has 2 aromatic rings. The average molecular weight is 316 g/mol. The molecular formula is C19H22ClNO. The van der Waals surface area contributed by atoms with Gasteiger partial charge in [-0.2, -0.15) is 0 Å². The van der Waals surface area contributed by atoms with Gasteiger partial charge in [-0.15, -0.1) is 0 Å². The lowest BCUT2D eigenvalue weighted by Gasteiger charge is -2.31. The van der Waals surface area contributed by atoms with Crippen LogP contribution in [0.2, 0.25) is 5.02 Å². The fourth-order valence-corrected chi connectivity index (χ4v) is 2.54. The highest BCUT2D eigenvalue weighted by atomic mass is 35.5. The number of carbonyl (C=O) groups is 1. The number of hydrogen-bond acceptors (Lipinski definition) is 1. The molecule has 1 unspecified atom stereocenters. The molecule has 0 aromatic heterocycles. The SMILES string of the molecule is CC(C(=O)Nc1ccc(Cl)cc1)C(C)(C)Cc1ccccc1. The molecular weight excluding hydrogens is 294 g/mol. The van der Waals surface area contributed by atoms with Crippen molar-refractivity contribution in [1.82, 2.24) is 0 Å². The van der Waals surface area contributed by atoms with Gasteiger partial charge in [0.2, 0.25) is 5.91 Å². The Morgan fingerprint density at radius 2 is 1.68 bits per heavy atom. The van der Waals surface area contributed by atoms with Crippen LogP contribution in [0.25, 0.3) is 0 Å². The average Bonchev–Trinajstić information content (AvgIpc) is 2.49. The van der Waals surface area contributed by atoms with Crippen LogP contribution in [0.4, 0.5) is 5.69 Å². The van der Waals surface area contributed by atoms with E-state index in [2.05, 4.69) is 31.3 Å². The highest BCUT2D eigenvalue weighted by Gasteiger charge is 2.31. The largest absolute Gasteiger partial charge is 0.326 e. The van der Waals surface area contributed by atoms with Crippen molar-refractivity contribution in [2.24, 2.45) is 11.3 Å². The molecule has 2 rings (SSSR count). The van der Waals surface area contributed by atoms with Crippen molar-refractivity contribution in [3.05, 3.63) is 65.2 Å². The van der Waals surface area contributed by atoms with Crippen LogP contribution in [-0.4, -0.2) is 5.91 Å². The zero-order chi connectivity index (χ0) is 16.2. The van der Waals surface area contributed by atoms with Crippen molar-refractivity contribution >= 4 is 23.2 Å². The lowest BCUT2D eigenvalue weighted by Crippen LogP contribution is -2.34. The van der Waals surface area contributed by atoms with E-state index in [1.54, 1.807) is 12.1 Å². The molecule has 0 spiro atoms. The van der Waals surface area contributed by atoms with E-state index >= 15 is 0 Å². The Hall–Kier alpha value is -1.80. The predicted octanol–water partition coefficient (Wildman–Crippen LogP) is 5.18. The first kappa shape index (κ1) is 16.6. The van der Waals surface area contributed by atoms with Crippen LogP contribution >= 0.6 is 11.6 Å². The standard InChI is InChI=1S/C19H22ClNO/c1-14(18(22)21-17-11-9-16(20)10-12-17)19(2,3)13-15-7-5-4-6-8-15/h4-12,14H,13H2,1-3H3,(H,21,22). The van der Waals surface area contributed by atoms with Crippen LogP contribution in [0.3, 0.4) is 0 Å². The fraction of sp³-hybridized carbons (Fsp3) is 0.316. The smallest absolute Gasteiger partial charge is 0.227 e. The van der Waals surface area contributed by atoms with Crippen LogP contribution in [0.15, 0.2) is 54.6 Å². The summed E-state index contributed by atoms with van der Waals surface area (Å²) in [5, 5.41) is 3.63. The van der Waals surface area contributed by atoms with E-state index in [9.17, 15) is 4.79 Å². The molecule has 2 aromatic carbocycles. The molecule has 0 aliphatic heterocycles. The van der Waals surface area contributed by atoms with Crippen molar-refractivity contribution in [3.8, 4) is 0 Å².